The summed E-state index contributed by atoms with van der Waals surface area (Å²) in [4.78, 5) is 0. The third kappa shape index (κ3) is 2.76. The van der Waals surface area contributed by atoms with Gasteiger partial charge in [-0.25, -0.2) is 0 Å². The summed E-state index contributed by atoms with van der Waals surface area (Å²) in [7, 11) is 1.81. The van der Waals surface area contributed by atoms with Crippen LogP contribution in [0.15, 0.2) is 24.5 Å². The van der Waals surface area contributed by atoms with Crippen LogP contribution in [0.2, 0.25) is 0 Å². The fourth-order valence-corrected chi connectivity index (χ4v) is 0.628. The van der Waals surface area contributed by atoms with Gasteiger partial charge in [-0.05, 0) is 12.1 Å². The Morgan fingerprint density at radius 1 is 1.33 bits per heavy atom. The Labute approximate surface area is 67.4 Å². The van der Waals surface area contributed by atoms with Crippen molar-refractivity contribution in [2.75, 3.05) is 7.05 Å². The normalized spacial score (nSPS) is 8.56. The molecule has 0 aliphatic heterocycles. The number of aromatic nitrogens is 1. The molecule has 1 aromatic rings. The monoisotopic (exact) mass is 116 g/mol. The first-order valence-electron chi connectivity index (χ1n) is 2.60. The van der Waals surface area contributed by atoms with E-state index in [-0.39, 0.29) is 18.9 Å². The van der Waals surface area contributed by atoms with Gasteiger partial charge >= 0.3 is 18.9 Å². The van der Waals surface area contributed by atoms with Gasteiger partial charge in [0.2, 0.25) is 0 Å². The second kappa shape index (κ2) is 4.69. The Bertz CT molecular complexity index is 137. The average Bonchev–Trinajstić information content (AvgIpc) is 2.19. The van der Waals surface area contributed by atoms with Crippen LogP contribution in [0.25, 0.3) is 5.32 Å². The molecule has 0 bridgehead atoms. The van der Waals surface area contributed by atoms with Gasteiger partial charge in [0.15, 0.2) is 0 Å². The van der Waals surface area contributed by atoms with Crippen LogP contribution < -0.4 is 18.9 Å². The summed E-state index contributed by atoms with van der Waals surface area (Å²) in [5.41, 5.74) is 0. The van der Waals surface area contributed by atoms with E-state index in [0.717, 1.165) is 6.67 Å². The van der Waals surface area contributed by atoms with E-state index in [2.05, 4.69) is 5.32 Å². The quantitative estimate of drug-likeness (QED) is 0.417. The largest absolute Gasteiger partial charge is 1.00 e. The van der Waals surface area contributed by atoms with E-state index in [4.69, 9.17) is 0 Å². The van der Waals surface area contributed by atoms with Gasteiger partial charge in [-0.1, -0.05) is 6.67 Å². The van der Waals surface area contributed by atoms with Crippen molar-refractivity contribution in [1.82, 2.24) is 4.57 Å². The number of hydrogen-bond acceptors (Lipinski definition) is 0. The SMILES string of the molecule is C[N-]Cn1cccc1.[Li+]. The fraction of sp³-hybridized carbons (Fsp3) is 0.333. The molecule has 1 rings (SSSR count). The number of hydrogen-bond donors (Lipinski definition) is 0. The van der Waals surface area contributed by atoms with E-state index in [1.807, 2.05) is 29.1 Å². The van der Waals surface area contributed by atoms with Crippen LogP contribution in [0.5, 0.6) is 0 Å². The molecular weight excluding hydrogens is 107 g/mol. The van der Waals surface area contributed by atoms with Gasteiger partial charge in [0, 0.05) is 12.4 Å². The van der Waals surface area contributed by atoms with Crippen LogP contribution in [0.3, 0.4) is 0 Å². The Morgan fingerprint density at radius 3 is 2.33 bits per heavy atom. The maximum absolute atomic E-state index is 3.94. The Morgan fingerprint density at radius 2 is 1.89 bits per heavy atom. The zero-order valence-corrected chi connectivity index (χ0v) is 5.91. The van der Waals surface area contributed by atoms with Crippen LogP contribution in [0, 0.1) is 0 Å². The van der Waals surface area contributed by atoms with Crippen LogP contribution in [0.4, 0.5) is 0 Å². The zero-order valence-electron chi connectivity index (χ0n) is 5.91. The van der Waals surface area contributed by atoms with Gasteiger partial charge in [-0.15, -0.1) is 0 Å². The molecule has 0 unspecified atom stereocenters. The van der Waals surface area contributed by atoms with Gasteiger partial charge in [0.1, 0.15) is 0 Å². The van der Waals surface area contributed by atoms with E-state index in [9.17, 15) is 0 Å². The van der Waals surface area contributed by atoms with Gasteiger partial charge in [0.25, 0.3) is 0 Å². The minimum atomic E-state index is 0. The number of nitrogens with zero attached hydrogens (tertiary/aromatic N) is 2. The van der Waals surface area contributed by atoms with E-state index >= 15 is 0 Å². The van der Waals surface area contributed by atoms with Gasteiger partial charge in [-0.2, -0.15) is 7.05 Å². The zero-order chi connectivity index (χ0) is 5.82. The summed E-state index contributed by atoms with van der Waals surface area (Å²) in [6, 6.07) is 3.98. The van der Waals surface area contributed by atoms with Crippen molar-refractivity contribution in [2.24, 2.45) is 0 Å². The first-order valence-corrected chi connectivity index (χ1v) is 2.60. The fourth-order valence-electron chi connectivity index (χ4n) is 0.628. The van der Waals surface area contributed by atoms with Crippen LogP contribution >= 0.6 is 0 Å². The topological polar surface area (TPSA) is 19.0 Å². The molecule has 0 N–H and O–H groups in total. The summed E-state index contributed by atoms with van der Waals surface area (Å²) >= 11 is 0. The maximum atomic E-state index is 3.94. The predicted octanol–water partition coefficient (Wildman–Crippen LogP) is -1.55. The molecule has 0 aliphatic carbocycles. The standard InChI is InChI=1S/C6H9N2.Li/c1-7-6-8-4-2-3-5-8;/h2-5H,6H2,1H3;/q-1;+1. The molecule has 0 saturated heterocycles. The second-order valence-corrected chi connectivity index (χ2v) is 1.65. The van der Waals surface area contributed by atoms with Crippen LogP contribution in [-0.4, -0.2) is 11.6 Å². The molecule has 0 spiro atoms. The van der Waals surface area contributed by atoms with Crippen molar-refractivity contribution in [3.63, 3.8) is 0 Å². The van der Waals surface area contributed by atoms with E-state index in [0.29, 0.717) is 0 Å². The van der Waals surface area contributed by atoms with E-state index < -0.39 is 0 Å². The van der Waals surface area contributed by atoms with Crippen LogP contribution in [-0.2, 0) is 6.67 Å². The first-order chi connectivity index (χ1) is 3.93. The Balaban J connectivity index is 0.000000640. The Kier molecular flexibility index (Phi) is 4.61. The molecule has 0 aliphatic rings. The van der Waals surface area contributed by atoms with Crippen molar-refractivity contribution in [1.29, 1.82) is 0 Å². The molecule has 1 aromatic heterocycles. The molecule has 0 saturated carbocycles. The van der Waals surface area contributed by atoms with Crippen molar-refractivity contribution < 1.29 is 18.9 Å². The molecule has 9 heavy (non-hydrogen) atoms. The van der Waals surface area contributed by atoms with Crippen molar-refractivity contribution in [3.05, 3.63) is 29.8 Å². The molecule has 2 nitrogen and oxygen atoms in total. The average molecular weight is 116 g/mol. The van der Waals surface area contributed by atoms with Gasteiger partial charge in [-0.3, -0.25) is 0 Å². The molecule has 0 amide bonds. The summed E-state index contributed by atoms with van der Waals surface area (Å²) in [5.74, 6) is 0. The van der Waals surface area contributed by atoms with Crippen LogP contribution in [0.1, 0.15) is 0 Å². The molecule has 1 heterocycles. The molecule has 0 fully saturated rings. The molecule has 0 radical (unpaired) electrons. The van der Waals surface area contributed by atoms with E-state index in [1.54, 1.807) is 7.05 Å². The van der Waals surface area contributed by atoms with Crippen molar-refractivity contribution in [2.45, 2.75) is 6.67 Å². The van der Waals surface area contributed by atoms with Crippen molar-refractivity contribution >= 4 is 0 Å². The third-order valence-corrected chi connectivity index (χ3v) is 0.971. The molecule has 3 heteroatoms. The maximum Gasteiger partial charge on any atom is 1.00 e. The molecular formula is C6H9LiN2. The summed E-state index contributed by atoms with van der Waals surface area (Å²) in [5, 5.41) is 3.94. The minimum Gasteiger partial charge on any atom is -0.648 e. The summed E-state index contributed by atoms with van der Waals surface area (Å²) in [6.07, 6.45) is 3.99. The first kappa shape index (κ1) is 8.84. The molecule has 0 atom stereocenters. The third-order valence-electron chi connectivity index (χ3n) is 0.971. The van der Waals surface area contributed by atoms with E-state index in [1.165, 1.54) is 0 Å². The molecule has 0 aromatic carbocycles. The minimum absolute atomic E-state index is 0. The summed E-state index contributed by atoms with van der Waals surface area (Å²) < 4.78 is 2.01. The van der Waals surface area contributed by atoms with Gasteiger partial charge in [0.05, 0.1) is 0 Å². The second-order valence-electron chi connectivity index (χ2n) is 1.65. The predicted molar refractivity (Wildman–Crippen MR) is 33.7 cm³/mol. The molecule has 44 valence electrons. The summed E-state index contributed by atoms with van der Waals surface area (Å²) in [6.45, 7) is 0.771. The Hall–Kier alpha value is -0.163. The van der Waals surface area contributed by atoms with Gasteiger partial charge < -0.3 is 9.88 Å². The number of rotatable bonds is 2. The van der Waals surface area contributed by atoms with Crippen molar-refractivity contribution in [3.8, 4) is 0 Å². The smallest absolute Gasteiger partial charge is 0.648 e.